The van der Waals surface area contributed by atoms with E-state index in [-0.39, 0.29) is 17.7 Å². The fourth-order valence-electron chi connectivity index (χ4n) is 1.82. The molecule has 2 rings (SSSR count). The molecule has 2 heterocycles. The van der Waals surface area contributed by atoms with Crippen molar-refractivity contribution < 1.29 is 10.2 Å². The molecule has 0 aromatic carbocycles. The molecule has 129 valence electrons. The topological polar surface area (TPSA) is 102 Å². The van der Waals surface area contributed by atoms with Gasteiger partial charge in [0.2, 0.25) is 0 Å². The fourth-order valence-corrected chi connectivity index (χ4v) is 1.82. The normalized spacial score (nSPS) is 12.9. The van der Waals surface area contributed by atoms with Crippen LogP contribution < -0.4 is 11.2 Å². The lowest BCUT2D eigenvalue weighted by atomic mass is 10.3. The highest BCUT2D eigenvalue weighted by Crippen LogP contribution is 2.06. The van der Waals surface area contributed by atoms with E-state index in [0.29, 0.717) is 0 Å². The van der Waals surface area contributed by atoms with E-state index in [1.54, 1.807) is 0 Å². The molecular formula is C14H25N4O4Si. The van der Waals surface area contributed by atoms with Gasteiger partial charge in [-0.3, -0.25) is 13.9 Å². The highest BCUT2D eigenvalue weighted by atomic mass is 28.3. The molecule has 0 amide bonds. The summed E-state index contributed by atoms with van der Waals surface area (Å²) in [4.78, 5) is 27.7. The van der Waals surface area contributed by atoms with Crippen molar-refractivity contribution in [3.05, 3.63) is 33.7 Å². The van der Waals surface area contributed by atoms with E-state index >= 15 is 0 Å². The van der Waals surface area contributed by atoms with Gasteiger partial charge in [0, 0.05) is 22.2 Å². The van der Waals surface area contributed by atoms with Gasteiger partial charge in [-0.05, 0) is 0 Å². The monoisotopic (exact) mass is 341 g/mol. The van der Waals surface area contributed by atoms with Crippen LogP contribution in [0.1, 0.15) is 0 Å². The fraction of sp³-hybridized carbons (Fsp3) is 0.571. The first-order valence-electron chi connectivity index (χ1n) is 7.22. The predicted octanol–water partition coefficient (Wildman–Crippen LogP) is -0.515. The number of imidazole rings is 1. The standard InChI is InChI=1S/C10H14N4O4.C4H11Si/c1-12-8-7(9(17)13(2)10(12)18)14(5-11-8)3-6(16)4-15;1-5(2,3)4/h5-6,15-16H,3-4H2,1-2H3;1H2,2-4H3. The molecule has 1 radical (unpaired) electrons. The van der Waals surface area contributed by atoms with Crippen LogP contribution in [0.3, 0.4) is 0 Å². The lowest BCUT2D eigenvalue weighted by Crippen LogP contribution is -2.38. The second-order valence-corrected chi connectivity index (χ2v) is 11.8. The van der Waals surface area contributed by atoms with Crippen molar-refractivity contribution in [1.82, 2.24) is 18.7 Å². The Morgan fingerprint density at radius 1 is 1.26 bits per heavy atom. The Morgan fingerprint density at radius 2 is 1.78 bits per heavy atom. The average Bonchev–Trinajstić information content (AvgIpc) is 2.84. The minimum absolute atomic E-state index is 0.0421. The van der Waals surface area contributed by atoms with Crippen LogP contribution in [0.4, 0.5) is 0 Å². The van der Waals surface area contributed by atoms with Gasteiger partial charge in [-0.15, -0.1) is 0 Å². The van der Waals surface area contributed by atoms with E-state index in [9.17, 15) is 14.7 Å². The van der Waals surface area contributed by atoms with Crippen molar-refractivity contribution in [2.45, 2.75) is 32.3 Å². The first kappa shape index (κ1) is 19.3. The number of aliphatic hydroxyl groups excluding tert-OH is 2. The summed E-state index contributed by atoms with van der Waals surface area (Å²) in [5.74, 6) is 0. The zero-order valence-electron chi connectivity index (χ0n) is 14.3. The number of aromatic nitrogens is 4. The van der Waals surface area contributed by atoms with Crippen molar-refractivity contribution in [2.24, 2.45) is 14.1 Å². The van der Waals surface area contributed by atoms with E-state index < -0.39 is 32.0 Å². The van der Waals surface area contributed by atoms with Gasteiger partial charge in [0.1, 0.15) is 0 Å². The molecule has 0 fully saturated rings. The lowest BCUT2D eigenvalue weighted by Gasteiger charge is -2.09. The molecule has 8 nitrogen and oxygen atoms in total. The summed E-state index contributed by atoms with van der Waals surface area (Å²) in [6.45, 7) is 10.2. The molecule has 2 aromatic rings. The number of hydrogen-bond acceptors (Lipinski definition) is 5. The van der Waals surface area contributed by atoms with Gasteiger partial charge in [-0.1, -0.05) is 26.2 Å². The van der Waals surface area contributed by atoms with Crippen molar-refractivity contribution in [2.75, 3.05) is 6.61 Å². The third kappa shape index (κ3) is 4.88. The van der Waals surface area contributed by atoms with Crippen LogP contribution in [0.15, 0.2) is 15.9 Å². The highest BCUT2D eigenvalue weighted by Gasteiger charge is 2.15. The number of hydrogen-bond donors (Lipinski definition) is 2. The summed E-state index contributed by atoms with van der Waals surface area (Å²) in [6.07, 6.45) is 0.383. The Labute approximate surface area is 135 Å². The van der Waals surface area contributed by atoms with Crippen molar-refractivity contribution in [3.63, 3.8) is 0 Å². The third-order valence-electron chi connectivity index (χ3n) is 2.84. The first-order chi connectivity index (χ1) is 10.5. The second kappa shape index (κ2) is 7.24. The van der Waals surface area contributed by atoms with Gasteiger partial charge in [-0.2, -0.15) is 0 Å². The molecule has 0 spiro atoms. The molecule has 1 atom stereocenters. The molecule has 0 aliphatic heterocycles. The molecule has 1 unspecified atom stereocenters. The lowest BCUT2D eigenvalue weighted by molar-refractivity contribution is 0.0820. The minimum atomic E-state index is -0.982. The molecule has 0 aliphatic carbocycles. The predicted molar refractivity (Wildman–Crippen MR) is 92.0 cm³/mol. The summed E-state index contributed by atoms with van der Waals surface area (Å²) in [6, 6.07) is 0. The minimum Gasteiger partial charge on any atom is -0.394 e. The maximum Gasteiger partial charge on any atom is 0.332 e. The van der Waals surface area contributed by atoms with E-state index in [2.05, 4.69) is 31.2 Å². The number of aryl methyl sites for hydroxylation is 1. The Morgan fingerprint density at radius 3 is 2.26 bits per heavy atom. The molecule has 2 aromatic heterocycles. The summed E-state index contributed by atoms with van der Waals surface area (Å²) in [5, 5.41) is 18.2. The van der Waals surface area contributed by atoms with Gasteiger partial charge in [0.25, 0.3) is 5.56 Å². The van der Waals surface area contributed by atoms with Gasteiger partial charge in [0.05, 0.1) is 25.6 Å². The third-order valence-corrected chi connectivity index (χ3v) is 2.84. The number of fused-ring (bicyclic) bond motifs is 1. The average molecular weight is 341 g/mol. The summed E-state index contributed by atoms with van der Waals surface area (Å²) in [5.41, 5.74) is -0.448. The van der Waals surface area contributed by atoms with Gasteiger partial charge >= 0.3 is 5.69 Å². The molecule has 0 bridgehead atoms. The zero-order chi connectivity index (χ0) is 17.9. The summed E-state index contributed by atoms with van der Waals surface area (Å²) < 4.78 is 3.67. The summed E-state index contributed by atoms with van der Waals surface area (Å²) >= 11 is 0. The van der Waals surface area contributed by atoms with Gasteiger partial charge in [0.15, 0.2) is 11.2 Å². The van der Waals surface area contributed by atoms with Crippen LogP contribution in [-0.2, 0) is 20.6 Å². The van der Waals surface area contributed by atoms with E-state index in [4.69, 9.17) is 5.11 Å². The van der Waals surface area contributed by atoms with E-state index in [1.165, 1.54) is 29.6 Å². The van der Waals surface area contributed by atoms with Gasteiger partial charge < -0.3 is 14.8 Å². The number of rotatable bonds is 3. The Balaban J connectivity index is 0.000000463. The van der Waals surface area contributed by atoms with E-state index in [0.717, 1.165) is 4.57 Å². The molecule has 0 saturated heterocycles. The van der Waals surface area contributed by atoms with Crippen LogP contribution in [0.5, 0.6) is 0 Å². The largest absolute Gasteiger partial charge is 0.394 e. The van der Waals surface area contributed by atoms with Crippen LogP contribution in [0.2, 0.25) is 19.6 Å². The second-order valence-electron chi connectivity index (χ2n) is 6.67. The van der Waals surface area contributed by atoms with E-state index in [1.807, 2.05) is 0 Å². The highest BCUT2D eigenvalue weighted by molar-refractivity contribution is 6.77. The van der Waals surface area contributed by atoms with Crippen LogP contribution in [0.25, 0.3) is 11.2 Å². The Bertz CT molecular complexity index is 779. The van der Waals surface area contributed by atoms with Crippen molar-refractivity contribution in [3.8, 4) is 0 Å². The van der Waals surface area contributed by atoms with Crippen molar-refractivity contribution >= 4 is 19.2 Å². The van der Waals surface area contributed by atoms with Crippen LogP contribution in [0, 0.1) is 6.55 Å². The SMILES string of the molecule is Cn1c(=O)c2c(ncn2CC(O)CO)n(C)c1=O.[CH2][Si](C)(C)C. The smallest absolute Gasteiger partial charge is 0.332 e. The van der Waals surface area contributed by atoms with Gasteiger partial charge in [-0.25, -0.2) is 9.78 Å². The van der Waals surface area contributed by atoms with Crippen LogP contribution in [-0.4, -0.2) is 49.7 Å². The van der Waals surface area contributed by atoms with Crippen LogP contribution >= 0.6 is 0 Å². The molecule has 23 heavy (non-hydrogen) atoms. The molecule has 9 heteroatoms. The zero-order valence-corrected chi connectivity index (χ0v) is 15.3. The Kier molecular flexibility index (Phi) is 6.09. The quantitative estimate of drug-likeness (QED) is 0.732. The first-order valence-corrected chi connectivity index (χ1v) is 10.9. The summed E-state index contributed by atoms with van der Waals surface area (Å²) in [7, 11) is 2.04. The maximum atomic E-state index is 12.0. The molecular weight excluding hydrogens is 316 g/mol. The molecule has 2 N–H and O–H groups in total. The number of aliphatic hydroxyl groups is 2. The number of nitrogens with zero attached hydrogens (tertiary/aromatic N) is 4. The molecule has 0 aliphatic rings. The maximum absolute atomic E-state index is 12.0. The molecule has 0 saturated carbocycles. The van der Waals surface area contributed by atoms with Crippen molar-refractivity contribution in [1.29, 1.82) is 0 Å². The Hall–Kier alpha value is -1.71.